The lowest BCUT2D eigenvalue weighted by Crippen LogP contribution is -2.40. The van der Waals surface area contributed by atoms with E-state index in [1.807, 2.05) is 51.1 Å². The predicted molar refractivity (Wildman–Crippen MR) is 187 cm³/mol. The zero-order chi connectivity index (χ0) is 34.3. The van der Waals surface area contributed by atoms with Crippen LogP contribution in [0.1, 0.15) is 42.3 Å². The summed E-state index contributed by atoms with van der Waals surface area (Å²) in [6.07, 6.45) is 4.74. The quantitative estimate of drug-likeness (QED) is 0.219. The van der Waals surface area contributed by atoms with E-state index < -0.39 is 18.0 Å². The molecule has 1 amide bonds. The minimum atomic E-state index is -0.617. The first kappa shape index (κ1) is 32.0. The van der Waals surface area contributed by atoms with Crippen LogP contribution in [0.5, 0.6) is 0 Å². The van der Waals surface area contributed by atoms with Gasteiger partial charge in [0.1, 0.15) is 11.6 Å². The Labute approximate surface area is 281 Å². The van der Waals surface area contributed by atoms with Gasteiger partial charge >= 0.3 is 0 Å². The SMILES string of the molecule is CC(C)(C)c1cc(F)c2c(=O)n(-c3cccc(-c4cc(Nc5ccc(C(=O)N6CCOCC6)cn5)c5ncccc5c4)c3CO)ncc2c1. The molecule has 3 aromatic carbocycles. The van der Waals surface area contributed by atoms with Crippen LogP contribution in [0.15, 0.2) is 90.1 Å². The maximum atomic E-state index is 15.4. The van der Waals surface area contributed by atoms with Crippen LogP contribution in [0.4, 0.5) is 15.9 Å². The number of carbonyl (C=O) groups excluding carboxylic acids is 1. The number of pyridine rings is 2. The van der Waals surface area contributed by atoms with Crippen molar-refractivity contribution in [1.29, 1.82) is 0 Å². The molecular weight excluding hydrogens is 623 g/mol. The number of anilines is 2. The molecule has 10 nitrogen and oxygen atoms in total. The fourth-order valence-corrected chi connectivity index (χ4v) is 6.17. The fourth-order valence-electron chi connectivity index (χ4n) is 6.17. The summed E-state index contributed by atoms with van der Waals surface area (Å²) < 4.78 is 21.9. The van der Waals surface area contributed by atoms with Gasteiger partial charge in [-0.15, -0.1) is 0 Å². The van der Waals surface area contributed by atoms with E-state index in [1.54, 1.807) is 47.6 Å². The molecule has 49 heavy (non-hydrogen) atoms. The standard InChI is InChI=1S/C38H35FN6O4/c1-38(2,3)27-17-26-21-42-45(37(48)34(26)30(39)19-27)32-8-4-7-28(29(32)22-46)25-16-23-6-5-11-40-35(23)31(18-25)43-33-10-9-24(20-41-33)36(47)44-12-14-49-15-13-44/h4-11,16-21,46H,12-15,22H2,1-3H3,(H,41,43). The Kier molecular flexibility index (Phi) is 8.39. The predicted octanol–water partition coefficient (Wildman–Crippen LogP) is 6.14. The minimum absolute atomic E-state index is 0.0641. The van der Waals surface area contributed by atoms with Crippen LogP contribution in [0.3, 0.4) is 0 Å². The number of aromatic nitrogens is 4. The molecule has 3 aromatic heterocycles. The van der Waals surface area contributed by atoms with Crippen LogP contribution in [-0.4, -0.2) is 62.0 Å². The first-order valence-corrected chi connectivity index (χ1v) is 16.1. The van der Waals surface area contributed by atoms with E-state index in [1.165, 1.54) is 12.3 Å². The molecule has 248 valence electrons. The highest BCUT2D eigenvalue weighted by atomic mass is 19.1. The summed E-state index contributed by atoms with van der Waals surface area (Å²) in [5.74, 6) is -0.192. The Balaban J connectivity index is 1.28. The number of rotatable bonds is 6. The minimum Gasteiger partial charge on any atom is -0.392 e. The average molecular weight is 659 g/mol. The summed E-state index contributed by atoms with van der Waals surface area (Å²) in [7, 11) is 0. The van der Waals surface area contributed by atoms with Crippen molar-refractivity contribution >= 4 is 39.1 Å². The summed E-state index contributed by atoms with van der Waals surface area (Å²) in [4.78, 5) is 37.5. The number of aliphatic hydroxyl groups is 1. The number of halogens is 1. The maximum absolute atomic E-state index is 15.4. The van der Waals surface area contributed by atoms with Crippen molar-refractivity contribution in [2.45, 2.75) is 32.8 Å². The second kappa shape index (κ2) is 12.8. The smallest absolute Gasteiger partial charge is 0.282 e. The van der Waals surface area contributed by atoms with Crippen molar-refractivity contribution in [1.82, 2.24) is 24.6 Å². The number of nitrogens with one attached hydrogen (secondary N) is 1. The highest BCUT2D eigenvalue weighted by molar-refractivity contribution is 5.97. The molecule has 0 radical (unpaired) electrons. The van der Waals surface area contributed by atoms with Crippen LogP contribution in [0.25, 0.3) is 38.5 Å². The first-order chi connectivity index (χ1) is 23.6. The molecule has 2 N–H and O–H groups in total. The summed E-state index contributed by atoms with van der Waals surface area (Å²) in [5.41, 5.74) is 3.85. The Bertz CT molecular complexity index is 2270. The van der Waals surface area contributed by atoms with Gasteiger partial charge < -0.3 is 20.1 Å². The molecule has 6 aromatic rings. The van der Waals surface area contributed by atoms with E-state index in [0.717, 1.165) is 21.2 Å². The topological polar surface area (TPSA) is 122 Å². The van der Waals surface area contributed by atoms with Gasteiger partial charge in [-0.05, 0) is 70.6 Å². The number of hydrogen-bond donors (Lipinski definition) is 2. The molecule has 7 rings (SSSR count). The molecule has 0 bridgehead atoms. The molecule has 1 fully saturated rings. The zero-order valence-corrected chi connectivity index (χ0v) is 27.4. The van der Waals surface area contributed by atoms with E-state index >= 15 is 4.39 Å². The van der Waals surface area contributed by atoms with Gasteiger partial charge in [0.15, 0.2) is 0 Å². The third-order valence-corrected chi connectivity index (χ3v) is 8.83. The van der Waals surface area contributed by atoms with Crippen molar-refractivity contribution in [3.8, 4) is 16.8 Å². The summed E-state index contributed by atoms with van der Waals surface area (Å²) >= 11 is 0. The maximum Gasteiger partial charge on any atom is 0.282 e. The van der Waals surface area contributed by atoms with Crippen molar-refractivity contribution < 1.29 is 19.0 Å². The molecule has 0 atom stereocenters. The molecule has 0 spiro atoms. The van der Waals surface area contributed by atoms with Crippen molar-refractivity contribution in [2.75, 3.05) is 31.6 Å². The van der Waals surface area contributed by atoms with E-state index in [-0.39, 0.29) is 16.7 Å². The molecule has 0 saturated carbocycles. The van der Waals surface area contributed by atoms with Gasteiger partial charge in [-0.1, -0.05) is 39.0 Å². The number of hydrogen-bond acceptors (Lipinski definition) is 8. The summed E-state index contributed by atoms with van der Waals surface area (Å²) in [6, 6.07) is 19.6. The summed E-state index contributed by atoms with van der Waals surface area (Å²) in [6.45, 7) is 7.65. The van der Waals surface area contributed by atoms with Gasteiger partial charge in [0, 0.05) is 41.8 Å². The lowest BCUT2D eigenvalue weighted by atomic mass is 9.86. The van der Waals surface area contributed by atoms with Gasteiger partial charge in [0.2, 0.25) is 0 Å². The molecule has 1 aliphatic rings. The van der Waals surface area contributed by atoms with Gasteiger partial charge in [-0.25, -0.2) is 9.37 Å². The number of ether oxygens (including phenoxy) is 1. The molecular formula is C38H35FN6O4. The van der Waals surface area contributed by atoms with Crippen molar-refractivity contribution in [3.63, 3.8) is 0 Å². The molecule has 4 heterocycles. The van der Waals surface area contributed by atoms with Crippen LogP contribution < -0.4 is 10.9 Å². The van der Waals surface area contributed by atoms with Gasteiger partial charge in [0.25, 0.3) is 11.5 Å². The van der Waals surface area contributed by atoms with Crippen molar-refractivity contribution in [2.24, 2.45) is 0 Å². The van der Waals surface area contributed by atoms with Crippen LogP contribution in [-0.2, 0) is 16.8 Å². The molecule has 1 aliphatic heterocycles. The first-order valence-electron chi connectivity index (χ1n) is 16.1. The van der Waals surface area contributed by atoms with Crippen molar-refractivity contribution in [3.05, 3.63) is 118 Å². The monoisotopic (exact) mass is 658 g/mol. The number of benzene rings is 3. The third kappa shape index (κ3) is 6.14. The largest absolute Gasteiger partial charge is 0.392 e. The van der Waals surface area contributed by atoms with Crippen LogP contribution in [0, 0.1) is 5.82 Å². The highest BCUT2D eigenvalue weighted by Crippen LogP contribution is 2.35. The molecule has 0 aliphatic carbocycles. The second-order valence-electron chi connectivity index (χ2n) is 13.1. The number of amides is 1. The second-order valence-corrected chi connectivity index (χ2v) is 13.1. The average Bonchev–Trinajstić information content (AvgIpc) is 3.11. The number of carbonyl (C=O) groups is 1. The van der Waals surface area contributed by atoms with Gasteiger partial charge in [-0.2, -0.15) is 9.78 Å². The lowest BCUT2D eigenvalue weighted by Gasteiger charge is -2.26. The van der Waals surface area contributed by atoms with Crippen LogP contribution >= 0.6 is 0 Å². The normalized spacial score (nSPS) is 13.6. The van der Waals surface area contributed by atoms with E-state index in [0.29, 0.717) is 71.1 Å². The van der Waals surface area contributed by atoms with Crippen LogP contribution in [0.2, 0.25) is 0 Å². The zero-order valence-electron chi connectivity index (χ0n) is 27.4. The Morgan fingerprint density at radius 3 is 2.53 bits per heavy atom. The summed E-state index contributed by atoms with van der Waals surface area (Å²) in [5, 5.41) is 19.6. The molecule has 1 saturated heterocycles. The van der Waals surface area contributed by atoms with E-state index in [2.05, 4.69) is 20.4 Å². The number of aliphatic hydroxyl groups excluding tert-OH is 1. The Morgan fingerprint density at radius 2 is 1.80 bits per heavy atom. The Hall–Kier alpha value is -5.52. The van der Waals surface area contributed by atoms with Gasteiger partial charge in [0.05, 0.1) is 53.9 Å². The molecule has 11 heteroatoms. The number of fused-ring (bicyclic) bond motifs is 2. The lowest BCUT2D eigenvalue weighted by molar-refractivity contribution is 0.0302. The Morgan fingerprint density at radius 1 is 0.980 bits per heavy atom. The van der Waals surface area contributed by atoms with E-state index in [9.17, 15) is 14.7 Å². The third-order valence-electron chi connectivity index (χ3n) is 8.83. The number of morpholine rings is 1. The van der Waals surface area contributed by atoms with Gasteiger partial charge in [-0.3, -0.25) is 14.6 Å². The van der Waals surface area contributed by atoms with E-state index in [4.69, 9.17) is 4.74 Å². The molecule has 0 unspecified atom stereocenters. The number of nitrogens with zero attached hydrogens (tertiary/aromatic N) is 5. The highest BCUT2D eigenvalue weighted by Gasteiger charge is 2.22. The fraction of sp³-hybridized carbons (Fsp3) is 0.237.